The molecule has 0 heterocycles. The van der Waals surface area contributed by atoms with Crippen LogP contribution in [0.15, 0.2) is 54.6 Å². The van der Waals surface area contributed by atoms with E-state index < -0.39 is 0 Å². The lowest BCUT2D eigenvalue weighted by atomic mass is 9.88. The zero-order chi connectivity index (χ0) is 19.8. The number of nitrogens with one attached hydrogen (secondary N) is 2. The normalized spacial score (nSPS) is 15.6. The summed E-state index contributed by atoms with van der Waals surface area (Å²) in [4.78, 5) is 25.0. The van der Waals surface area contributed by atoms with E-state index in [1.807, 2.05) is 37.3 Å². The first kappa shape index (κ1) is 20.1. The second-order valence-electron chi connectivity index (χ2n) is 7.80. The highest BCUT2D eigenvalue weighted by Crippen LogP contribution is 2.25. The Morgan fingerprint density at radius 2 is 1.75 bits per heavy atom. The van der Waals surface area contributed by atoms with Crippen LogP contribution in [0, 0.1) is 5.92 Å². The van der Waals surface area contributed by atoms with Crippen LogP contribution in [0.2, 0.25) is 0 Å². The fraction of sp³-hybridized carbons (Fsp3) is 0.417. The van der Waals surface area contributed by atoms with Crippen molar-refractivity contribution in [3.63, 3.8) is 0 Å². The minimum Gasteiger partial charge on any atom is -0.350 e. The van der Waals surface area contributed by atoms with Crippen LogP contribution < -0.4 is 10.6 Å². The molecule has 2 N–H and O–H groups in total. The molecular formula is C24H30N2O2. The van der Waals surface area contributed by atoms with Crippen molar-refractivity contribution < 1.29 is 9.59 Å². The van der Waals surface area contributed by atoms with Gasteiger partial charge in [0.2, 0.25) is 5.91 Å². The maximum Gasteiger partial charge on any atom is 0.251 e. The monoisotopic (exact) mass is 378 g/mol. The Labute approximate surface area is 167 Å². The molecular weight excluding hydrogens is 348 g/mol. The van der Waals surface area contributed by atoms with Crippen molar-refractivity contribution in [2.24, 2.45) is 5.92 Å². The van der Waals surface area contributed by atoms with E-state index in [1.54, 1.807) is 12.1 Å². The van der Waals surface area contributed by atoms with E-state index in [4.69, 9.17) is 0 Å². The van der Waals surface area contributed by atoms with E-state index in [1.165, 1.54) is 12.0 Å². The molecule has 1 atom stereocenters. The molecule has 1 aliphatic rings. The lowest BCUT2D eigenvalue weighted by molar-refractivity contribution is -0.120. The summed E-state index contributed by atoms with van der Waals surface area (Å²) in [7, 11) is 0. The molecule has 1 unspecified atom stereocenters. The third kappa shape index (κ3) is 5.95. The van der Waals surface area contributed by atoms with Gasteiger partial charge < -0.3 is 10.6 Å². The van der Waals surface area contributed by atoms with Crippen LogP contribution >= 0.6 is 0 Å². The van der Waals surface area contributed by atoms with Crippen LogP contribution in [0.1, 0.15) is 61.4 Å². The number of benzene rings is 2. The van der Waals surface area contributed by atoms with Crippen molar-refractivity contribution in [1.82, 2.24) is 5.32 Å². The van der Waals surface area contributed by atoms with Crippen molar-refractivity contribution in [3.05, 3.63) is 65.7 Å². The molecule has 0 radical (unpaired) electrons. The minimum atomic E-state index is -0.102. The maximum atomic E-state index is 12.6. The third-order valence-electron chi connectivity index (χ3n) is 5.45. The van der Waals surface area contributed by atoms with Crippen LogP contribution in [0.4, 0.5) is 5.69 Å². The highest BCUT2D eigenvalue weighted by Gasteiger charge is 2.21. The van der Waals surface area contributed by atoms with Gasteiger partial charge in [0.1, 0.15) is 0 Å². The predicted molar refractivity (Wildman–Crippen MR) is 113 cm³/mol. The van der Waals surface area contributed by atoms with Gasteiger partial charge in [0.05, 0.1) is 0 Å². The van der Waals surface area contributed by atoms with Crippen LogP contribution in [-0.4, -0.2) is 17.9 Å². The molecule has 4 nitrogen and oxygen atoms in total. The number of rotatable bonds is 7. The molecule has 4 heteroatoms. The van der Waals surface area contributed by atoms with Gasteiger partial charge in [0.15, 0.2) is 0 Å². The number of aryl methyl sites for hydroxylation is 1. The van der Waals surface area contributed by atoms with Crippen molar-refractivity contribution in [3.8, 4) is 0 Å². The second kappa shape index (κ2) is 10.1. The summed E-state index contributed by atoms with van der Waals surface area (Å²) >= 11 is 0. The Morgan fingerprint density at radius 3 is 2.50 bits per heavy atom. The Hall–Kier alpha value is -2.62. The SMILES string of the molecule is CC(CCc1ccccc1)NC(=O)c1cccc(NC(=O)C2CCCCC2)c1. The van der Waals surface area contributed by atoms with Gasteiger partial charge in [-0.2, -0.15) is 0 Å². The van der Waals surface area contributed by atoms with E-state index in [9.17, 15) is 9.59 Å². The molecule has 3 rings (SSSR count). The van der Waals surface area contributed by atoms with Gasteiger partial charge in [-0.05, 0) is 56.4 Å². The minimum absolute atomic E-state index is 0.0770. The smallest absolute Gasteiger partial charge is 0.251 e. The van der Waals surface area contributed by atoms with Crippen molar-refractivity contribution in [2.45, 2.75) is 57.9 Å². The van der Waals surface area contributed by atoms with Gasteiger partial charge in [-0.1, -0.05) is 55.7 Å². The Bertz CT molecular complexity index is 782. The molecule has 28 heavy (non-hydrogen) atoms. The molecule has 0 spiro atoms. The molecule has 0 bridgehead atoms. The van der Waals surface area contributed by atoms with E-state index >= 15 is 0 Å². The summed E-state index contributed by atoms with van der Waals surface area (Å²) in [6.07, 6.45) is 7.22. The number of anilines is 1. The van der Waals surface area contributed by atoms with E-state index in [2.05, 4.69) is 22.8 Å². The molecule has 1 fully saturated rings. The number of hydrogen-bond acceptors (Lipinski definition) is 2. The largest absolute Gasteiger partial charge is 0.350 e. The summed E-state index contributed by atoms with van der Waals surface area (Å²) in [5.74, 6) is 0.0760. The Morgan fingerprint density at radius 1 is 1.00 bits per heavy atom. The van der Waals surface area contributed by atoms with E-state index in [-0.39, 0.29) is 23.8 Å². The average molecular weight is 379 g/mol. The number of hydrogen-bond donors (Lipinski definition) is 2. The number of amides is 2. The summed E-state index contributed by atoms with van der Waals surface area (Å²) in [6.45, 7) is 2.02. The zero-order valence-electron chi connectivity index (χ0n) is 16.6. The van der Waals surface area contributed by atoms with Gasteiger partial charge >= 0.3 is 0 Å². The van der Waals surface area contributed by atoms with E-state index in [0.717, 1.165) is 38.5 Å². The molecule has 0 aliphatic heterocycles. The van der Waals surface area contributed by atoms with Crippen LogP contribution in [0.3, 0.4) is 0 Å². The molecule has 0 aromatic heterocycles. The highest BCUT2D eigenvalue weighted by molar-refractivity contribution is 5.97. The first-order valence-corrected chi connectivity index (χ1v) is 10.4. The maximum absolute atomic E-state index is 12.6. The molecule has 2 amide bonds. The van der Waals surface area contributed by atoms with E-state index in [0.29, 0.717) is 11.3 Å². The highest BCUT2D eigenvalue weighted by atomic mass is 16.2. The first-order valence-electron chi connectivity index (χ1n) is 10.4. The second-order valence-corrected chi connectivity index (χ2v) is 7.80. The van der Waals surface area contributed by atoms with Gasteiger partial charge in [0.25, 0.3) is 5.91 Å². The van der Waals surface area contributed by atoms with Gasteiger partial charge in [-0.3, -0.25) is 9.59 Å². The summed E-state index contributed by atoms with van der Waals surface area (Å²) < 4.78 is 0. The van der Waals surface area contributed by atoms with Gasteiger partial charge in [-0.25, -0.2) is 0 Å². The molecule has 2 aromatic rings. The van der Waals surface area contributed by atoms with Crippen molar-refractivity contribution in [1.29, 1.82) is 0 Å². The zero-order valence-corrected chi connectivity index (χ0v) is 16.6. The Balaban J connectivity index is 1.52. The molecule has 1 aliphatic carbocycles. The fourth-order valence-corrected chi connectivity index (χ4v) is 3.75. The quantitative estimate of drug-likeness (QED) is 0.716. The predicted octanol–water partition coefficient (Wildman–Crippen LogP) is 4.96. The fourth-order valence-electron chi connectivity index (χ4n) is 3.75. The third-order valence-corrected chi connectivity index (χ3v) is 5.45. The van der Waals surface area contributed by atoms with Crippen molar-refractivity contribution >= 4 is 17.5 Å². The number of carbonyl (C=O) groups excluding carboxylic acids is 2. The molecule has 0 saturated heterocycles. The lowest BCUT2D eigenvalue weighted by Crippen LogP contribution is -2.33. The topological polar surface area (TPSA) is 58.2 Å². The average Bonchev–Trinajstić information content (AvgIpc) is 2.74. The van der Waals surface area contributed by atoms with Gasteiger partial charge in [-0.15, -0.1) is 0 Å². The lowest BCUT2D eigenvalue weighted by Gasteiger charge is -2.21. The summed E-state index contributed by atoms with van der Waals surface area (Å²) in [5.41, 5.74) is 2.55. The molecule has 1 saturated carbocycles. The number of carbonyl (C=O) groups is 2. The van der Waals surface area contributed by atoms with Gasteiger partial charge in [0, 0.05) is 23.2 Å². The summed E-state index contributed by atoms with van der Waals surface area (Å²) in [6, 6.07) is 17.6. The standard InChI is InChI=1S/C24H30N2O2/c1-18(15-16-19-9-4-2-5-10-19)25-24(28)21-13-8-14-22(17-21)26-23(27)20-11-6-3-7-12-20/h2,4-5,8-10,13-14,17-18,20H,3,6-7,11-12,15-16H2,1H3,(H,25,28)(H,26,27). The van der Waals surface area contributed by atoms with Crippen molar-refractivity contribution in [2.75, 3.05) is 5.32 Å². The van der Waals surface area contributed by atoms with Crippen LogP contribution in [-0.2, 0) is 11.2 Å². The first-order chi connectivity index (χ1) is 13.6. The molecule has 2 aromatic carbocycles. The Kier molecular flexibility index (Phi) is 7.24. The van der Waals surface area contributed by atoms with Crippen LogP contribution in [0.5, 0.6) is 0 Å². The summed E-state index contributed by atoms with van der Waals surface area (Å²) in [5, 5.41) is 6.05. The molecule has 148 valence electrons. The van der Waals surface area contributed by atoms with Crippen LogP contribution in [0.25, 0.3) is 0 Å².